The van der Waals surface area contributed by atoms with Crippen LogP contribution in [0.25, 0.3) is 107 Å². The molecule has 1 aromatic heterocycles. The summed E-state index contributed by atoms with van der Waals surface area (Å²) in [5.41, 5.74) is 7.53. The summed E-state index contributed by atoms with van der Waals surface area (Å²) in [6.45, 7) is 0. The first-order chi connectivity index (χ1) is 25.3. The maximum Gasteiger partial charge on any atom is 0.0440 e. The summed E-state index contributed by atoms with van der Waals surface area (Å²) in [4.78, 5) is 0. The Labute approximate surface area is 299 Å². The Morgan fingerprint density at radius 1 is 0.275 bits per heavy atom. The highest BCUT2D eigenvalue weighted by molar-refractivity contribution is 7.27. The van der Waals surface area contributed by atoms with Crippen molar-refractivity contribution in [3.63, 3.8) is 0 Å². The highest BCUT2D eigenvalue weighted by Gasteiger charge is 2.19. The fourth-order valence-electron chi connectivity index (χ4n) is 8.53. The van der Waals surface area contributed by atoms with E-state index in [4.69, 9.17) is 0 Å². The van der Waals surface area contributed by atoms with Gasteiger partial charge in [0.05, 0.1) is 0 Å². The van der Waals surface area contributed by atoms with Gasteiger partial charge in [-0.2, -0.15) is 0 Å². The molecule has 0 bridgehead atoms. The summed E-state index contributed by atoms with van der Waals surface area (Å²) in [7, 11) is 0. The van der Waals surface area contributed by atoms with Crippen molar-refractivity contribution in [2.45, 2.75) is 0 Å². The Bertz CT molecular complexity index is 3140. The van der Waals surface area contributed by atoms with Gasteiger partial charge in [0.15, 0.2) is 0 Å². The number of fused-ring (bicyclic) bond motifs is 11. The number of benzene rings is 10. The van der Waals surface area contributed by atoms with Crippen LogP contribution in [0.4, 0.5) is 0 Å². The van der Waals surface area contributed by atoms with Gasteiger partial charge >= 0.3 is 0 Å². The molecule has 10 aromatic carbocycles. The zero-order valence-corrected chi connectivity index (χ0v) is 28.5. The van der Waals surface area contributed by atoms with Gasteiger partial charge in [-0.15, -0.1) is 11.3 Å². The molecule has 0 amide bonds. The summed E-state index contributed by atoms with van der Waals surface area (Å²) in [5, 5.41) is 15.6. The summed E-state index contributed by atoms with van der Waals surface area (Å²) in [6.07, 6.45) is 0. The third kappa shape index (κ3) is 4.32. The molecular formula is C50H30S. The number of thiophene rings is 1. The predicted octanol–water partition coefficient (Wildman–Crippen LogP) is 14.8. The number of rotatable bonds is 3. The van der Waals surface area contributed by atoms with Gasteiger partial charge < -0.3 is 0 Å². The first-order valence-electron chi connectivity index (χ1n) is 17.6. The van der Waals surface area contributed by atoms with Crippen LogP contribution in [0.5, 0.6) is 0 Å². The topological polar surface area (TPSA) is 0 Å². The van der Waals surface area contributed by atoms with Gasteiger partial charge in [0.2, 0.25) is 0 Å². The second-order valence-corrected chi connectivity index (χ2v) is 14.6. The Balaban J connectivity index is 1.15. The minimum Gasteiger partial charge on any atom is -0.134 e. The van der Waals surface area contributed by atoms with Crippen LogP contribution in [-0.4, -0.2) is 0 Å². The molecule has 0 aliphatic carbocycles. The average Bonchev–Trinajstić information content (AvgIpc) is 3.59. The molecule has 236 valence electrons. The van der Waals surface area contributed by atoms with E-state index in [0.717, 1.165) is 0 Å². The van der Waals surface area contributed by atoms with Crippen LogP contribution in [0.3, 0.4) is 0 Å². The lowest BCUT2D eigenvalue weighted by molar-refractivity contribution is 1.63. The van der Waals surface area contributed by atoms with Crippen molar-refractivity contribution in [2.75, 3.05) is 0 Å². The van der Waals surface area contributed by atoms with Crippen molar-refractivity contribution < 1.29 is 0 Å². The largest absolute Gasteiger partial charge is 0.134 e. The standard InChI is InChI=1S/C50H30S/c1-2-13-32-28-34(25-24-31(32)12-1)33-14-11-15-35(29-33)47-40-19-6-8-21-42(40)48(43-22-9-7-20-41(43)47)36-26-27-45-46(30-36)51-50-44-23-10-4-17-38(44)37-16-3-5-18-39(37)49(45)50/h1-30H. The fourth-order valence-corrected chi connectivity index (χ4v) is 9.83. The van der Waals surface area contributed by atoms with Crippen LogP contribution >= 0.6 is 11.3 Å². The minimum atomic E-state index is 1.23. The molecule has 11 rings (SSSR count). The highest BCUT2D eigenvalue weighted by atomic mass is 32.1. The molecule has 0 aliphatic heterocycles. The van der Waals surface area contributed by atoms with E-state index in [9.17, 15) is 0 Å². The van der Waals surface area contributed by atoms with Gasteiger partial charge in [0.25, 0.3) is 0 Å². The summed E-state index contributed by atoms with van der Waals surface area (Å²) < 4.78 is 2.69. The third-order valence-electron chi connectivity index (χ3n) is 10.8. The second-order valence-electron chi connectivity index (χ2n) is 13.6. The molecule has 1 heterocycles. The maximum absolute atomic E-state index is 2.44. The molecule has 0 N–H and O–H groups in total. The Kier molecular flexibility index (Phi) is 6.22. The zero-order valence-electron chi connectivity index (χ0n) is 27.7. The molecule has 0 saturated heterocycles. The monoisotopic (exact) mass is 662 g/mol. The van der Waals surface area contributed by atoms with Gasteiger partial charge in [-0.1, -0.05) is 164 Å². The number of hydrogen-bond acceptors (Lipinski definition) is 1. The second kappa shape index (κ2) is 11.1. The molecule has 0 aliphatic rings. The number of hydrogen-bond donors (Lipinski definition) is 0. The lowest BCUT2D eigenvalue weighted by Gasteiger charge is -2.18. The van der Waals surface area contributed by atoms with E-state index in [0.29, 0.717) is 0 Å². The van der Waals surface area contributed by atoms with E-state index in [2.05, 4.69) is 182 Å². The molecule has 0 nitrogen and oxygen atoms in total. The van der Waals surface area contributed by atoms with Gasteiger partial charge in [0.1, 0.15) is 0 Å². The molecule has 0 radical (unpaired) electrons. The third-order valence-corrected chi connectivity index (χ3v) is 12.0. The fraction of sp³-hybridized carbons (Fsp3) is 0. The lowest BCUT2D eigenvalue weighted by Crippen LogP contribution is -1.91. The Morgan fingerprint density at radius 2 is 0.765 bits per heavy atom. The summed E-state index contributed by atoms with van der Waals surface area (Å²) >= 11 is 1.93. The van der Waals surface area contributed by atoms with Crippen molar-refractivity contribution in [3.8, 4) is 33.4 Å². The molecule has 51 heavy (non-hydrogen) atoms. The Morgan fingerprint density at radius 3 is 1.45 bits per heavy atom. The van der Waals surface area contributed by atoms with E-state index in [1.807, 2.05) is 11.3 Å². The van der Waals surface area contributed by atoms with Crippen LogP contribution < -0.4 is 0 Å². The SMILES string of the molecule is c1cc(-c2ccc3ccccc3c2)cc(-c2c3ccccc3c(-c3ccc4c(c3)sc3c5ccccc5c5ccccc5c43)c3ccccc23)c1. The van der Waals surface area contributed by atoms with Gasteiger partial charge in [0, 0.05) is 25.6 Å². The van der Waals surface area contributed by atoms with Crippen molar-refractivity contribution in [1.82, 2.24) is 0 Å². The molecule has 0 atom stereocenters. The first-order valence-corrected chi connectivity index (χ1v) is 18.4. The molecule has 11 aromatic rings. The lowest BCUT2D eigenvalue weighted by atomic mass is 9.85. The van der Waals surface area contributed by atoms with Gasteiger partial charge in [-0.05, 0) is 100 Å². The van der Waals surface area contributed by atoms with Gasteiger partial charge in [-0.3, -0.25) is 0 Å². The molecule has 1 heteroatoms. The van der Waals surface area contributed by atoms with E-state index in [-0.39, 0.29) is 0 Å². The van der Waals surface area contributed by atoms with Crippen LogP contribution in [-0.2, 0) is 0 Å². The Hall–Kier alpha value is -6.28. The molecule has 0 fully saturated rings. The summed E-state index contributed by atoms with van der Waals surface area (Å²) in [6, 6.07) is 67.4. The molecular weight excluding hydrogens is 633 g/mol. The predicted molar refractivity (Wildman–Crippen MR) is 223 cm³/mol. The van der Waals surface area contributed by atoms with Crippen LogP contribution in [0.2, 0.25) is 0 Å². The quantitative estimate of drug-likeness (QED) is 0.130. The minimum absolute atomic E-state index is 1.23. The van der Waals surface area contributed by atoms with Crippen molar-refractivity contribution >= 4 is 85.4 Å². The van der Waals surface area contributed by atoms with E-state index >= 15 is 0 Å². The van der Waals surface area contributed by atoms with Crippen LogP contribution in [0.15, 0.2) is 182 Å². The molecule has 0 unspecified atom stereocenters. The zero-order chi connectivity index (χ0) is 33.5. The van der Waals surface area contributed by atoms with Crippen LogP contribution in [0, 0.1) is 0 Å². The normalized spacial score (nSPS) is 11.9. The maximum atomic E-state index is 2.44. The molecule has 0 saturated carbocycles. The summed E-state index contributed by atoms with van der Waals surface area (Å²) in [5.74, 6) is 0. The highest BCUT2D eigenvalue weighted by Crippen LogP contribution is 2.48. The van der Waals surface area contributed by atoms with E-state index in [1.54, 1.807) is 0 Å². The molecule has 0 spiro atoms. The average molecular weight is 663 g/mol. The van der Waals surface area contributed by atoms with E-state index in [1.165, 1.54) is 107 Å². The smallest absolute Gasteiger partial charge is 0.0440 e. The van der Waals surface area contributed by atoms with Crippen LogP contribution in [0.1, 0.15) is 0 Å². The van der Waals surface area contributed by atoms with E-state index < -0.39 is 0 Å². The van der Waals surface area contributed by atoms with Crippen molar-refractivity contribution in [3.05, 3.63) is 182 Å². The van der Waals surface area contributed by atoms with Crippen molar-refractivity contribution in [2.24, 2.45) is 0 Å². The van der Waals surface area contributed by atoms with Crippen molar-refractivity contribution in [1.29, 1.82) is 0 Å². The van der Waals surface area contributed by atoms with Gasteiger partial charge in [-0.25, -0.2) is 0 Å². The first kappa shape index (κ1) is 28.5.